The minimum Gasteiger partial charge on any atom is -0.493 e. The molecule has 1 amide bonds. The number of hydrazone groups is 1. The highest BCUT2D eigenvalue weighted by Gasteiger charge is 2.13. The highest BCUT2D eigenvalue weighted by atomic mass is 127. The van der Waals surface area contributed by atoms with E-state index in [4.69, 9.17) is 26.2 Å². The van der Waals surface area contributed by atoms with E-state index in [-0.39, 0.29) is 10.7 Å². The lowest BCUT2D eigenvalue weighted by atomic mass is 10.2. The number of aliphatic carboxylic acids is 1. The van der Waals surface area contributed by atoms with Gasteiger partial charge in [0, 0.05) is 6.20 Å². The van der Waals surface area contributed by atoms with Crippen LogP contribution < -0.4 is 14.9 Å². The van der Waals surface area contributed by atoms with E-state index in [9.17, 15) is 9.59 Å². The van der Waals surface area contributed by atoms with Crippen LogP contribution in [-0.4, -0.2) is 41.9 Å². The SMILES string of the molecule is COc1cc(C=NNC(=O)c2cccnc2Cl)cc(I)c1OCC(=O)O. The summed E-state index contributed by atoms with van der Waals surface area (Å²) in [5, 5.41) is 12.7. The van der Waals surface area contributed by atoms with Gasteiger partial charge in [-0.1, -0.05) is 11.6 Å². The second-order valence-electron chi connectivity index (χ2n) is 4.76. The van der Waals surface area contributed by atoms with Gasteiger partial charge in [-0.15, -0.1) is 0 Å². The van der Waals surface area contributed by atoms with Gasteiger partial charge in [-0.3, -0.25) is 4.79 Å². The first-order chi connectivity index (χ1) is 12.4. The predicted molar refractivity (Wildman–Crippen MR) is 103 cm³/mol. The Kier molecular flexibility index (Phi) is 7.16. The summed E-state index contributed by atoms with van der Waals surface area (Å²) in [6, 6.07) is 6.42. The number of aromatic nitrogens is 1. The Balaban J connectivity index is 2.13. The minimum absolute atomic E-state index is 0.0800. The maximum Gasteiger partial charge on any atom is 0.341 e. The molecule has 2 rings (SSSR count). The van der Waals surface area contributed by atoms with E-state index in [1.54, 1.807) is 18.2 Å². The number of carboxylic acid groups (broad SMARTS) is 1. The van der Waals surface area contributed by atoms with Gasteiger partial charge < -0.3 is 14.6 Å². The number of halogens is 2. The van der Waals surface area contributed by atoms with Crippen molar-refractivity contribution in [1.82, 2.24) is 10.4 Å². The molecule has 8 nitrogen and oxygen atoms in total. The summed E-state index contributed by atoms with van der Waals surface area (Å²) in [6.07, 6.45) is 2.89. The first-order valence-corrected chi connectivity index (χ1v) is 8.54. The molecule has 0 radical (unpaired) electrons. The third-order valence-corrected chi connectivity index (χ3v) is 4.08. The number of amides is 1. The highest BCUT2D eigenvalue weighted by molar-refractivity contribution is 14.1. The lowest BCUT2D eigenvalue weighted by molar-refractivity contribution is -0.139. The quantitative estimate of drug-likeness (QED) is 0.268. The molecule has 0 bridgehead atoms. The number of methoxy groups -OCH3 is 1. The van der Waals surface area contributed by atoms with Crippen LogP contribution in [0.4, 0.5) is 0 Å². The molecule has 136 valence electrons. The smallest absolute Gasteiger partial charge is 0.341 e. The Hall–Kier alpha value is -2.40. The summed E-state index contributed by atoms with van der Waals surface area (Å²) >= 11 is 7.84. The second-order valence-corrected chi connectivity index (χ2v) is 6.28. The van der Waals surface area contributed by atoms with Crippen LogP contribution in [0.25, 0.3) is 0 Å². The van der Waals surface area contributed by atoms with Crippen LogP contribution in [0.15, 0.2) is 35.6 Å². The summed E-state index contributed by atoms with van der Waals surface area (Å²) in [5.74, 6) is -0.923. The standard InChI is InChI=1S/C16H13ClIN3O5/c1-25-12-6-9(5-11(18)14(12)26-8-13(22)23)7-20-21-16(24)10-3-2-4-19-15(10)17/h2-7H,8H2,1H3,(H,21,24)(H,22,23). The largest absolute Gasteiger partial charge is 0.493 e. The number of rotatable bonds is 7. The van der Waals surface area contributed by atoms with Crippen molar-refractivity contribution in [2.45, 2.75) is 0 Å². The van der Waals surface area contributed by atoms with E-state index >= 15 is 0 Å². The molecule has 0 spiro atoms. The van der Waals surface area contributed by atoms with E-state index < -0.39 is 18.5 Å². The maximum absolute atomic E-state index is 12.0. The number of nitrogens with zero attached hydrogens (tertiary/aromatic N) is 2. The summed E-state index contributed by atoms with van der Waals surface area (Å²) in [4.78, 5) is 26.5. The van der Waals surface area contributed by atoms with Crippen LogP contribution >= 0.6 is 34.2 Å². The highest BCUT2D eigenvalue weighted by Crippen LogP contribution is 2.33. The molecule has 2 N–H and O–H groups in total. The fourth-order valence-electron chi connectivity index (χ4n) is 1.87. The molecule has 10 heteroatoms. The third-order valence-electron chi connectivity index (χ3n) is 2.98. The number of nitrogens with one attached hydrogen (secondary N) is 1. The van der Waals surface area contributed by atoms with Crippen molar-refractivity contribution >= 4 is 52.3 Å². The molecule has 1 aromatic carbocycles. The average Bonchev–Trinajstić information content (AvgIpc) is 2.60. The van der Waals surface area contributed by atoms with E-state index in [0.717, 1.165) is 0 Å². The van der Waals surface area contributed by atoms with Crippen LogP contribution in [0.1, 0.15) is 15.9 Å². The van der Waals surface area contributed by atoms with E-state index in [0.29, 0.717) is 20.6 Å². The molecule has 0 aliphatic rings. The number of carbonyl (C=O) groups is 2. The molecule has 0 unspecified atom stereocenters. The van der Waals surface area contributed by atoms with Gasteiger partial charge in [0.05, 0.1) is 22.5 Å². The molecule has 0 atom stereocenters. The molecule has 0 fully saturated rings. The monoisotopic (exact) mass is 489 g/mol. The van der Waals surface area contributed by atoms with Crippen molar-refractivity contribution in [3.05, 3.63) is 50.3 Å². The molecular formula is C16H13ClIN3O5. The van der Waals surface area contributed by atoms with Gasteiger partial charge in [0.15, 0.2) is 18.1 Å². The minimum atomic E-state index is -1.09. The maximum atomic E-state index is 12.0. The fraction of sp³-hybridized carbons (Fsp3) is 0.125. The van der Waals surface area contributed by atoms with Gasteiger partial charge in [-0.05, 0) is 52.4 Å². The van der Waals surface area contributed by atoms with Gasteiger partial charge >= 0.3 is 5.97 Å². The van der Waals surface area contributed by atoms with E-state index in [1.165, 1.54) is 25.6 Å². The molecule has 0 saturated carbocycles. The number of hydrogen-bond acceptors (Lipinski definition) is 6. The Morgan fingerprint density at radius 3 is 2.88 bits per heavy atom. The first-order valence-electron chi connectivity index (χ1n) is 7.08. The number of carboxylic acids is 1. The van der Waals surface area contributed by atoms with Gasteiger partial charge in [0.2, 0.25) is 0 Å². The molecule has 26 heavy (non-hydrogen) atoms. The summed E-state index contributed by atoms with van der Waals surface area (Å²) in [7, 11) is 1.44. The molecule has 1 heterocycles. The average molecular weight is 490 g/mol. The summed E-state index contributed by atoms with van der Waals surface area (Å²) < 4.78 is 11.1. The Morgan fingerprint density at radius 1 is 1.46 bits per heavy atom. The lowest BCUT2D eigenvalue weighted by Gasteiger charge is -2.12. The number of ether oxygens (including phenoxy) is 2. The van der Waals surface area contributed by atoms with Crippen molar-refractivity contribution < 1.29 is 24.2 Å². The zero-order valence-electron chi connectivity index (χ0n) is 13.4. The molecule has 0 aliphatic carbocycles. The molecule has 1 aromatic heterocycles. The number of carbonyl (C=O) groups excluding carboxylic acids is 1. The van der Waals surface area contributed by atoms with Gasteiger partial charge in [-0.2, -0.15) is 5.10 Å². The topological polar surface area (TPSA) is 110 Å². The Labute approximate surface area is 167 Å². The molecule has 0 saturated heterocycles. The number of benzene rings is 1. The van der Waals surface area contributed by atoms with Crippen molar-refractivity contribution in [2.24, 2.45) is 5.10 Å². The van der Waals surface area contributed by atoms with Crippen LogP contribution in [-0.2, 0) is 4.79 Å². The summed E-state index contributed by atoms with van der Waals surface area (Å²) in [5.41, 5.74) is 3.18. The van der Waals surface area contributed by atoms with Crippen molar-refractivity contribution in [2.75, 3.05) is 13.7 Å². The van der Waals surface area contributed by atoms with Gasteiger partial charge in [0.1, 0.15) is 5.15 Å². The number of hydrogen-bond donors (Lipinski definition) is 2. The Bertz CT molecular complexity index is 860. The van der Waals surface area contributed by atoms with Crippen molar-refractivity contribution in [3.8, 4) is 11.5 Å². The van der Waals surface area contributed by atoms with Crippen molar-refractivity contribution in [1.29, 1.82) is 0 Å². The van der Waals surface area contributed by atoms with Crippen molar-refractivity contribution in [3.63, 3.8) is 0 Å². The predicted octanol–water partition coefficient (Wildman–Crippen LogP) is 2.58. The molecule has 2 aromatic rings. The fourth-order valence-corrected chi connectivity index (χ4v) is 2.86. The Morgan fingerprint density at radius 2 is 2.23 bits per heavy atom. The number of pyridine rings is 1. The van der Waals surface area contributed by atoms with E-state index in [1.807, 2.05) is 22.6 Å². The van der Waals surface area contributed by atoms with Crippen LogP contribution in [0.5, 0.6) is 11.5 Å². The first kappa shape index (κ1) is 19.9. The zero-order chi connectivity index (χ0) is 19.1. The van der Waals surface area contributed by atoms with Crippen LogP contribution in [0, 0.1) is 3.57 Å². The molecular weight excluding hydrogens is 477 g/mol. The third kappa shape index (κ3) is 5.30. The normalized spacial score (nSPS) is 10.6. The van der Waals surface area contributed by atoms with E-state index in [2.05, 4.69) is 15.5 Å². The van der Waals surface area contributed by atoms with Gasteiger partial charge in [-0.25, -0.2) is 15.2 Å². The second kappa shape index (κ2) is 9.34. The zero-order valence-corrected chi connectivity index (χ0v) is 16.3. The lowest BCUT2D eigenvalue weighted by Crippen LogP contribution is -2.18. The van der Waals surface area contributed by atoms with Crippen LogP contribution in [0.3, 0.4) is 0 Å². The van der Waals surface area contributed by atoms with Crippen LogP contribution in [0.2, 0.25) is 5.15 Å². The molecule has 0 aliphatic heterocycles. The van der Waals surface area contributed by atoms with Gasteiger partial charge in [0.25, 0.3) is 5.91 Å². The summed E-state index contributed by atoms with van der Waals surface area (Å²) in [6.45, 7) is -0.484.